The van der Waals surface area contributed by atoms with E-state index in [1.807, 2.05) is 4.90 Å². The maximum absolute atomic E-state index is 12.3. The van der Waals surface area contributed by atoms with Gasteiger partial charge in [0.05, 0.1) is 9.80 Å². The number of nitrogens with zero attached hydrogens (tertiary/aromatic N) is 2. The molecule has 0 aromatic carbocycles. The van der Waals surface area contributed by atoms with Crippen LogP contribution in [0.1, 0.15) is 23.0 Å². The molecule has 5 nitrogen and oxygen atoms in total. The molecule has 1 aromatic rings. The summed E-state index contributed by atoms with van der Waals surface area (Å²) in [6.45, 7) is 2.85. The van der Waals surface area contributed by atoms with Gasteiger partial charge in [0.1, 0.15) is 0 Å². The fourth-order valence-electron chi connectivity index (χ4n) is 2.18. The van der Waals surface area contributed by atoms with Crippen LogP contribution in [-0.2, 0) is 0 Å². The molecule has 2 unspecified atom stereocenters. The van der Waals surface area contributed by atoms with Crippen LogP contribution in [-0.4, -0.2) is 33.6 Å². The molecule has 0 N–H and O–H groups in total. The number of carbonyl (C=O) groups is 1. The fraction of sp³-hybridized carbons (Fsp3) is 0.545. The molecule has 7 heteroatoms. The SMILES string of the molecule is CC1CCN(C(=O)c2ccc([N+](=O)[O-])s2)C1CBr. The van der Waals surface area contributed by atoms with Gasteiger partial charge in [-0.15, -0.1) is 0 Å². The van der Waals surface area contributed by atoms with E-state index in [2.05, 4.69) is 22.9 Å². The molecule has 0 bridgehead atoms. The summed E-state index contributed by atoms with van der Waals surface area (Å²) in [6, 6.07) is 3.11. The fourth-order valence-corrected chi connectivity index (χ4v) is 3.94. The molecule has 18 heavy (non-hydrogen) atoms. The highest BCUT2D eigenvalue weighted by Gasteiger charge is 2.34. The predicted molar refractivity (Wildman–Crippen MR) is 73.4 cm³/mol. The number of alkyl halides is 1. The third-order valence-corrected chi connectivity index (χ3v) is 4.97. The summed E-state index contributed by atoms with van der Waals surface area (Å²) in [6.07, 6.45) is 0.982. The van der Waals surface area contributed by atoms with E-state index in [0.29, 0.717) is 10.8 Å². The first-order valence-electron chi connectivity index (χ1n) is 5.65. The van der Waals surface area contributed by atoms with E-state index in [9.17, 15) is 14.9 Å². The summed E-state index contributed by atoms with van der Waals surface area (Å²) in [5.41, 5.74) is 0. The Morgan fingerprint density at radius 2 is 2.39 bits per heavy atom. The van der Waals surface area contributed by atoms with Gasteiger partial charge in [-0.05, 0) is 18.4 Å². The number of nitro groups is 1. The summed E-state index contributed by atoms with van der Waals surface area (Å²) in [5, 5.41) is 11.4. The summed E-state index contributed by atoms with van der Waals surface area (Å²) in [5.74, 6) is 0.366. The molecule has 2 heterocycles. The molecule has 1 amide bonds. The van der Waals surface area contributed by atoms with Crippen molar-refractivity contribution in [1.82, 2.24) is 4.90 Å². The minimum Gasteiger partial charge on any atom is -0.334 e. The molecular formula is C11H13BrN2O3S. The number of rotatable bonds is 3. The van der Waals surface area contributed by atoms with E-state index in [1.165, 1.54) is 6.07 Å². The second-order valence-corrected chi connectivity index (χ2v) is 6.09. The Morgan fingerprint density at radius 1 is 1.67 bits per heavy atom. The van der Waals surface area contributed by atoms with Gasteiger partial charge in [0.2, 0.25) is 0 Å². The van der Waals surface area contributed by atoms with Gasteiger partial charge in [0.25, 0.3) is 5.91 Å². The number of carbonyl (C=O) groups excluding carboxylic acids is 1. The average Bonchev–Trinajstić information content (AvgIpc) is 2.94. The average molecular weight is 333 g/mol. The Kier molecular flexibility index (Phi) is 4.01. The van der Waals surface area contributed by atoms with Crippen LogP contribution in [0.15, 0.2) is 12.1 Å². The summed E-state index contributed by atoms with van der Waals surface area (Å²) in [4.78, 5) is 24.7. The van der Waals surface area contributed by atoms with Crippen molar-refractivity contribution in [3.8, 4) is 0 Å². The molecule has 0 aliphatic carbocycles. The molecule has 1 aliphatic heterocycles. The molecule has 0 saturated carbocycles. The first-order chi connectivity index (χ1) is 8.54. The van der Waals surface area contributed by atoms with Gasteiger partial charge in [-0.3, -0.25) is 14.9 Å². The lowest BCUT2D eigenvalue weighted by atomic mass is 10.1. The lowest BCUT2D eigenvalue weighted by Gasteiger charge is -2.24. The van der Waals surface area contributed by atoms with Crippen LogP contribution < -0.4 is 0 Å². The molecule has 0 spiro atoms. The van der Waals surface area contributed by atoms with Crippen LogP contribution in [0.5, 0.6) is 0 Å². The third kappa shape index (κ3) is 2.42. The number of halogens is 1. The van der Waals surface area contributed by atoms with Crippen LogP contribution in [0.4, 0.5) is 5.00 Å². The standard InChI is InChI=1S/C11H13BrN2O3S/c1-7-4-5-13(8(7)6-12)11(15)9-2-3-10(18-9)14(16)17/h2-3,7-8H,4-6H2,1H3. The van der Waals surface area contributed by atoms with Crippen LogP contribution in [0.2, 0.25) is 0 Å². The van der Waals surface area contributed by atoms with Gasteiger partial charge in [0.15, 0.2) is 0 Å². The Morgan fingerprint density at radius 3 is 2.94 bits per heavy atom. The largest absolute Gasteiger partial charge is 0.334 e. The maximum Gasteiger partial charge on any atom is 0.324 e. The Balaban J connectivity index is 2.18. The Bertz CT molecular complexity index is 477. The number of amides is 1. The van der Waals surface area contributed by atoms with Crippen molar-refractivity contribution in [2.24, 2.45) is 5.92 Å². The van der Waals surface area contributed by atoms with Gasteiger partial charge in [0, 0.05) is 24.0 Å². The van der Waals surface area contributed by atoms with Crippen molar-refractivity contribution < 1.29 is 9.72 Å². The molecule has 0 radical (unpaired) electrons. The zero-order chi connectivity index (χ0) is 13.3. The second kappa shape index (κ2) is 5.36. The highest BCUT2D eigenvalue weighted by atomic mass is 79.9. The van der Waals surface area contributed by atoms with Crippen molar-refractivity contribution in [1.29, 1.82) is 0 Å². The van der Waals surface area contributed by atoms with Crippen molar-refractivity contribution in [3.63, 3.8) is 0 Å². The van der Waals surface area contributed by atoms with E-state index < -0.39 is 4.92 Å². The predicted octanol–water partition coefficient (Wildman–Crippen LogP) is 2.90. The highest BCUT2D eigenvalue weighted by molar-refractivity contribution is 9.09. The number of likely N-dealkylation sites (tertiary alicyclic amines) is 1. The minimum absolute atomic E-state index is 0.0148. The number of thiophene rings is 1. The number of hydrogen-bond acceptors (Lipinski definition) is 4. The second-order valence-electron chi connectivity index (χ2n) is 4.38. The molecule has 2 atom stereocenters. The quantitative estimate of drug-likeness (QED) is 0.485. The van der Waals surface area contributed by atoms with Crippen molar-refractivity contribution in [3.05, 3.63) is 27.1 Å². The summed E-state index contributed by atoms with van der Waals surface area (Å²) in [7, 11) is 0. The first kappa shape index (κ1) is 13.5. The number of hydrogen-bond donors (Lipinski definition) is 0. The first-order valence-corrected chi connectivity index (χ1v) is 7.59. The van der Waals surface area contributed by atoms with Gasteiger partial charge in [-0.2, -0.15) is 0 Å². The lowest BCUT2D eigenvalue weighted by molar-refractivity contribution is -0.380. The van der Waals surface area contributed by atoms with Crippen molar-refractivity contribution >= 4 is 38.2 Å². The van der Waals surface area contributed by atoms with Gasteiger partial charge >= 0.3 is 5.00 Å². The molecule has 2 rings (SSSR count). The zero-order valence-electron chi connectivity index (χ0n) is 9.84. The van der Waals surface area contributed by atoms with E-state index >= 15 is 0 Å². The normalized spacial score (nSPS) is 23.3. The summed E-state index contributed by atoms with van der Waals surface area (Å²) < 4.78 is 0. The van der Waals surface area contributed by atoms with E-state index in [1.54, 1.807) is 6.07 Å². The molecule has 1 aliphatic rings. The maximum atomic E-state index is 12.3. The minimum atomic E-state index is -0.462. The molecule has 1 aromatic heterocycles. The van der Waals surface area contributed by atoms with E-state index in [0.717, 1.165) is 29.6 Å². The molecule has 98 valence electrons. The molecule has 1 saturated heterocycles. The van der Waals surface area contributed by atoms with Crippen LogP contribution in [0.25, 0.3) is 0 Å². The Labute approximate surface area is 117 Å². The van der Waals surface area contributed by atoms with Gasteiger partial charge in [-0.1, -0.05) is 34.2 Å². The van der Waals surface area contributed by atoms with Gasteiger partial charge < -0.3 is 4.90 Å². The van der Waals surface area contributed by atoms with Crippen LogP contribution in [0, 0.1) is 16.0 Å². The smallest absolute Gasteiger partial charge is 0.324 e. The van der Waals surface area contributed by atoms with Gasteiger partial charge in [-0.25, -0.2) is 0 Å². The summed E-state index contributed by atoms with van der Waals surface area (Å²) >= 11 is 4.37. The van der Waals surface area contributed by atoms with Crippen molar-refractivity contribution in [2.45, 2.75) is 19.4 Å². The topological polar surface area (TPSA) is 63.5 Å². The lowest BCUT2D eigenvalue weighted by Crippen LogP contribution is -2.38. The molecule has 1 fully saturated rings. The highest BCUT2D eigenvalue weighted by Crippen LogP contribution is 2.30. The monoisotopic (exact) mass is 332 g/mol. The van der Waals surface area contributed by atoms with E-state index in [4.69, 9.17) is 0 Å². The van der Waals surface area contributed by atoms with E-state index in [-0.39, 0.29) is 17.0 Å². The van der Waals surface area contributed by atoms with Crippen LogP contribution in [0.3, 0.4) is 0 Å². The van der Waals surface area contributed by atoms with Crippen molar-refractivity contribution in [2.75, 3.05) is 11.9 Å². The van der Waals surface area contributed by atoms with Crippen LogP contribution >= 0.6 is 27.3 Å². The zero-order valence-corrected chi connectivity index (χ0v) is 12.2. The Hall–Kier alpha value is -0.950. The third-order valence-electron chi connectivity index (χ3n) is 3.28. The molecular weight excluding hydrogens is 320 g/mol.